The number of hydrogen-bond acceptors (Lipinski definition) is 2. The minimum absolute atomic E-state index is 0.0267. The highest BCUT2D eigenvalue weighted by molar-refractivity contribution is 5.60. The van der Waals surface area contributed by atoms with E-state index < -0.39 is 0 Å². The highest BCUT2D eigenvalue weighted by Gasteiger charge is 2.45. The SMILES string of the molecule is CO[C@H]1CCCC[C@@H]1C1(C=O)CCCC1. The van der Waals surface area contributed by atoms with E-state index in [1.165, 1.54) is 38.4 Å². The summed E-state index contributed by atoms with van der Waals surface area (Å²) in [6, 6.07) is 0. The van der Waals surface area contributed by atoms with Gasteiger partial charge in [-0.1, -0.05) is 25.7 Å². The third-order valence-corrected chi connectivity index (χ3v) is 4.51. The summed E-state index contributed by atoms with van der Waals surface area (Å²) < 4.78 is 5.58. The predicted octanol–water partition coefficient (Wildman–Crippen LogP) is 2.95. The molecule has 0 spiro atoms. The zero-order chi connectivity index (χ0) is 10.7. The largest absolute Gasteiger partial charge is 0.381 e. The van der Waals surface area contributed by atoms with Gasteiger partial charge in [0.2, 0.25) is 0 Å². The molecule has 0 N–H and O–H groups in total. The summed E-state index contributed by atoms with van der Waals surface area (Å²) in [5, 5.41) is 0. The Morgan fingerprint density at radius 2 is 1.80 bits per heavy atom. The second-order valence-corrected chi connectivity index (χ2v) is 5.22. The monoisotopic (exact) mass is 210 g/mol. The zero-order valence-corrected chi connectivity index (χ0v) is 9.71. The van der Waals surface area contributed by atoms with E-state index in [-0.39, 0.29) is 5.41 Å². The number of methoxy groups -OCH3 is 1. The smallest absolute Gasteiger partial charge is 0.126 e. The average Bonchev–Trinajstić information content (AvgIpc) is 2.79. The van der Waals surface area contributed by atoms with Crippen molar-refractivity contribution in [3.05, 3.63) is 0 Å². The topological polar surface area (TPSA) is 26.3 Å². The third-order valence-electron chi connectivity index (χ3n) is 4.51. The number of ether oxygens (including phenoxy) is 1. The first-order valence-corrected chi connectivity index (χ1v) is 6.31. The van der Waals surface area contributed by atoms with Gasteiger partial charge < -0.3 is 9.53 Å². The Kier molecular flexibility index (Phi) is 3.45. The Bertz CT molecular complexity index is 219. The number of carbonyl (C=O) groups excluding carboxylic acids is 1. The van der Waals surface area contributed by atoms with Gasteiger partial charge >= 0.3 is 0 Å². The molecule has 15 heavy (non-hydrogen) atoms. The van der Waals surface area contributed by atoms with Crippen LogP contribution in [0.15, 0.2) is 0 Å². The van der Waals surface area contributed by atoms with Crippen LogP contribution < -0.4 is 0 Å². The first-order valence-electron chi connectivity index (χ1n) is 6.31. The van der Waals surface area contributed by atoms with E-state index in [1.807, 2.05) is 0 Å². The van der Waals surface area contributed by atoms with Gasteiger partial charge in [0, 0.05) is 12.5 Å². The van der Waals surface area contributed by atoms with Crippen molar-refractivity contribution in [3.8, 4) is 0 Å². The fourth-order valence-corrected chi connectivity index (χ4v) is 3.65. The lowest BCUT2D eigenvalue weighted by molar-refractivity contribution is -0.125. The Morgan fingerprint density at radius 3 is 2.40 bits per heavy atom. The molecule has 0 bridgehead atoms. The van der Waals surface area contributed by atoms with Gasteiger partial charge in [0.1, 0.15) is 6.29 Å². The van der Waals surface area contributed by atoms with E-state index in [9.17, 15) is 4.79 Å². The second-order valence-electron chi connectivity index (χ2n) is 5.22. The maximum Gasteiger partial charge on any atom is 0.126 e. The molecule has 0 aromatic carbocycles. The lowest BCUT2D eigenvalue weighted by atomic mass is 9.67. The Balaban J connectivity index is 2.14. The van der Waals surface area contributed by atoms with Gasteiger partial charge in [0.15, 0.2) is 0 Å². The quantitative estimate of drug-likeness (QED) is 0.669. The van der Waals surface area contributed by atoms with Crippen molar-refractivity contribution in [2.45, 2.75) is 57.5 Å². The molecule has 86 valence electrons. The lowest BCUT2D eigenvalue weighted by Gasteiger charge is -2.40. The van der Waals surface area contributed by atoms with E-state index in [2.05, 4.69) is 0 Å². The van der Waals surface area contributed by atoms with Crippen LogP contribution in [-0.4, -0.2) is 19.5 Å². The van der Waals surface area contributed by atoms with Crippen LogP contribution in [0.4, 0.5) is 0 Å². The molecule has 0 unspecified atom stereocenters. The molecule has 0 aromatic rings. The molecule has 0 amide bonds. The summed E-state index contributed by atoms with van der Waals surface area (Å²) in [4.78, 5) is 11.4. The van der Waals surface area contributed by atoms with Gasteiger partial charge in [-0.3, -0.25) is 0 Å². The molecule has 2 aliphatic carbocycles. The van der Waals surface area contributed by atoms with Crippen LogP contribution in [0.1, 0.15) is 51.4 Å². The Hall–Kier alpha value is -0.370. The fraction of sp³-hybridized carbons (Fsp3) is 0.923. The minimum atomic E-state index is -0.0267. The summed E-state index contributed by atoms with van der Waals surface area (Å²) in [7, 11) is 1.80. The van der Waals surface area contributed by atoms with Crippen LogP contribution >= 0.6 is 0 Å². The van der Waals surface area contributed by atoms with Crippen molar-refractivity contribution in [2.75, 3.05) is 7.11 Å². The van der Waals surface area contributed by atoms with E-state index >= 15 is 0 Å². The van der Waals surface area contributed by atoms with Gasteiger partial charge in [-0.2, -0.15) is 0 Å². The average molecular weight is 210 g/mol. The van der Waals surface area contributed by atoms with Crippen LogP contribution in [0.2, 0.25) is 0 Å². The lowest BCUT2D eigenvalue weighted by Crippen LogP contribution is -2.40. The summed E-state index contributed by atoms with van der Waals surface area (Å²) >= 11 is 0. The first kappa shape index (κ1) is 11.1. The van der Waals surface area contributed by atoms with Gasteiger partial charge in [-0.25, -0.2) is 0 Å². The standard InChI is InChI=1S/C13H22O2/c1-15-12-7-3-2-6-11(12)13(10-14)8-4-5-9-13/h10-12H,2-9H2,1H3/t11-,12-/m0/s1. The maximum absolute atomic E-state index is 11.4. The van der Waals surface area contributed by atoms with E-state index in [1.54, 1.807) is 7.11 Å². The molecule has 2 atom stereocenters. The normalized spacial score (nSPS) is 35.3. The summed E-state index contributed by atoms with van der Waals surface area (Å²) in [6.07, 6.45) is 11.1. The minimum Gasteiger partial charge on any atom is -0.381 e. The molecule has 2 aliphatic rings. The molecule has 2 rings (SSSR count). The third kappa shape index (κ3) is 1.96. The zero-order valence-electron chi connectivity index (χ0n) is 9.71. The van der Waals surface area contributed by atoms with Crippen molar-refractivity contribution in [3.63, 3.8) is 0 Å². The predicted molar refractivity (Wildman–Crippen MR) is 59.7 cm³/mol. The van der Waals surface area contributed by atoms with E-state index in [4.69, 9.17) is 4.74 Å². The van der Waals surface area contributed by atoms with Crippen LogP contribution in [0.3, 0.4) is 0 Å². The molecule has 0 radical (unpaired) electrons. The van der Waals surface area contributed by atoms with E-state index in [0.29, 0.717) is 12.0 Å². The Morgan fingerprint density at radius 1 is 1.13 bits per heavy atom. The Labute approximate surface area is 92.4 Å². The summed E-state index contributed by atoms with van der Waals surface area (Å²) in [5.74, 6) is 0.497. The summed E-state index contributed by atoms with van der Waals surface area (Å²) in [6.45, 7) is 0. The number of aldehydes is 1. The molecular weight excluding hydrogens is 188 g/mol. The number of hydrogen-bond donors (Lipinski definition) is 0. The van der Waals surface area contributed by atoms with Crippen LogP contribution in [0.25, 0.3) is 0 Å². The maximum atomic E-state index is 11.4. The van der Waals surface area contributed by atoms with Crippen LogP contribution in [0, 0.1) is 11.3 Å². The highest BCUT2D eigenvalue weighted by atomic mass is 16.5. The first-order chi connectivity index (χ1) is 7.32. The van der Waals surface area contributed by atoms with Crippen molar-refractivity contribution in [1.82, 2.24) is 0 Å². The number of carbonyl (C=O) groups is 1. The molecule has 2 fully saturated rings. The molecule has 0 aromatic heterocycles. The molecule has 0 heterocycles. The van der Waals surface area contributed by atoms with Gasteiger partial charge in [-0.05, 0) is 31.6 Å². The van der Waals surface area contributed by atoms with Crippen LogP contribution in [0.5, 0.6) is 0 Å². The van der Waals surface area contributed by atoms with E-state index in [0.717, 1.165) is 19.3 Å². The molecule has 0 aliphatic heterocycles. The second kappa shape index (κ2) is 4.65. The van der Waals surface area contributed by atoms with Crippen molar-refractivity contribution >= 4 is 6.29 Å². The molecular formula is C13H22O2. The van der Waals surface area contributed by atoms with Crippen molar-refractivity contribution < 1.29 is 9.53 Å². The molecule has 2 nitrogen and oxygen atoms in total. The fourth-order valence-electron chi connectivity index (χ4n) is 3.65. The van der Waals surface area contributed by atoms with Crippen molar-refractivity contribution in [2.24, 2.45) is 11.3 Å². The van der Waals surface area contributed by atoms with Crippen molar-refractivity contribution in [1.29, 1.82) is 0 Å². The molecule has 2 heteroatoms. The highest BCUT2D eigenvalue weighted by Crippen LogP contribution is 2.48. The van der Waals surface area contributed by atoms with Gasteiger partial charge in [0.05, 0.1) is 6.10 Å². The van der Waals surface area contributed by atoms with Crippen LogP contribution in [-0.2, 0) is 9.53 Å². The van der Waals surface area contributed by atoms with Gasteiger partial charge in [-0.15, -0.1) is 0 Å². The molecule has 0 saturated heterocycles. The summed E-state index contributed by atoms with van der Waals surface area (Å²) in [5.41, 5.74) is -0.0267. The van der Waals surface area contributed by atoms with Gasteiger partial charge in [0.25, 0.3) is 0 Å². The molecule has 2 saturated carbocycles. The number of rotatable bonds is 3.